The predicted molar refractivity (Wildman–Crippen MR) is 80.3 cm³/mol. The van der Waals surface area contributed by atoms with E-state index in [0.717, 1.165) is 17.0 Å². The van der Waals surface area contributed by atoms with Crippen molar-refractivity contribution in [3.05, 3.63) is 67.9 Å². The van der Waals surface area contributed by atoms with Gasteiger partial charge in [-0.25, -0.2) is 0 Å². The van der Waals surface area contributed by atoms with Gasteiger partial charge in [-0.3, -0.25) is 15.1 Å². The van der Waals surface area contributed by atoms with Crippen molar-refractivity contribution in [1.29, 1.82) is 0 Å². The minimum Gasteiger partial charge on any atom is -0.307 e. The normalized spacial score (nSPS) is 10.5. The topological polar surface area (TPSA) is 68.1 Å². The molecule has 1 aromatic carbocycles. The second kappa shape index (κ2) is 6.58. The zero-order chi connectivity index (χ0) is 14.5. The molecular weight excluding hydrogens is 322 g/mol. The molecule has 0 saturated heterocycles. The van der Waals surface area contributed by atoms with E-state index in [1.807, 2.05) is 31.2 Å². The van der Waals surface area contributed by atoms with E-state index in [1.165, 1.54) is 6.07 Å². The summed E-state index contributed by atoms with van der Waals surface area (Å²) in [6.45, 7) is 3.11. The number of nitrogens with zero attached hydrogens (tertiary/aromatic N) is 2. The van der Waals surface area contributed by atoms with Crippen LogP contribution in [0.25, 0.3) is 0 Å². The lowest BCUT2D eigenvalue weighted by atomic mass is 10.2. The first-order valence-electron chi connectivity index (χ1n) is 6.13. The van der Waals surface area contributed by atoms with Crippen LogP contribution in [-0.2, 0) is 13.1 Å². The molecule has 2 rings (SSSR count). The van der Waals surface area contributed by atoms with Crippen LogP contribution >= 0.6 is 15.9 Å². The molecule has 0 spiro atoms. The molecule has 20 heavy (non-hydrogen) atoms. The zero-order valence-corrected chi connectivity index (χ0v) is 12.6. The van der Waals surface area contributed by atoms with Gasteiger partial charge in [0, 0.05) is 24.8 Å². The number of aromatic nitrogens is 1. The molecule has 1 heterocycles. The lowest BCUT2D eigenvalue weighted by Crippen LogP contribution is -2.14. The van der Waals surface area contributed by atoms with E-state index < -0.39 is 4.92 Å². The van der Waals surface area contributed by atoms with Crippen LogP contribution in [0.4, 0.5) is 5.69 Å². The van der Waals surface area contributed by atoms with Crippen LogP contribution in [0, 0.1) is 17.0 Å². The Labute approximate surface area is 125 Å². The first-order valence-corrected chi connectivity index (χ1v) is 6.92. The summed E-state index contributed by atoms with van der Waals surface area (Å²) in [6.07, 6.45) is 0. The summed E-state index contributed by atoms with van der Waals surface area (Å²) in [6, 6.07) is 10.9. The third kappa shape index (κ3) is 3.61. The summed E-state index contributed by atoms with van der Waals surface area (Å²) in [5, 5.41) is 14.1. The van der Waals surface area contributed by atoms with E-state index in [2.05, 4.69) is 26.2 Å². The molecule has 0 amide bonds. The van der Waals surface area contributed by atoms with E-state index in [4.69, 9.17) is 0 Å². The number of aryl methyl sites for hydroxylation is 1. The maximum Gasteiger partial charge on any atom is 0.283 e. The van der Waals surface area contributed by atoms with Gasteiger partial charge in [-0.05, 0) is 40.5 Å². The van der Waals surface area contributed by atoms with Crippen LogP contribution in [0.1, 0.15) is 17.0 Å². The number of rotatable bonds is 5. The molecule has 2 aromatic rings. The van der Waals surface area contributed by atoms with E-state index in [-0.39, 0.29) is 5.69 Å². The molecule has 0 atom stereocenters. The molecule has 1 aromatic heterocycles. The molecule has 6 heteroatoms. The summed E-state index contributed by atoms with van der Waals surface area (Å²) in [5.74, 6) is 0. The zero-order valence-electron chi connectivity index (χ0n) is 11.0. The summed E-state index contributed by atoms with van der Waals surface area (Å²) in [5.41, 5.74) is 2.86. The van der Waals surface area contributed by atoms with Gasteiger partial charge >= 0.3 is 0 Å². The molecule has 0 bridgehead atoms. The summed E-state index contributed by atoms with van der Waals surface area (Å²) < 4.78 is 0.523. The van der Waals surface area contributed by atoms with Gasteiger partial charge in [-0.15, -0.1) is 0 Å². The number of hydrogen-bond acceptors (Lipinski definition) is 4. The lowest BCUT2D eigenvalue weighted by Gasteiger charge is -2.07. The van der Waals surface area contributed by atoms with Gasteiger partial charge in [0.1, 0.15) is 0 Å². The first-order chi connectivity index (χ1) is 9.58. The fraction of sp³-hybridized carbons (Fsp3) is 0.214. The smallest absolute Gasteiger partial charge is 0.283 e. The number of halogens is 1. The van der Waals surface area contributed by atoms with Crippen LogP contribution in [0.5, 0.6) is 0 Å². The number of nitro benzene ring substituents is 1. The Bertz CT molecular complexity index is 632. The number of pyridine rings is 1. The van der Waals surface area contributed by atoms with Crippen molar-refractivity contribution in [3.8, 4) is 0 Å². The fourth-order valence-electron chi connectivity index (χ4n) is 1.87. The molecule has 104 valence electrons. The molecule has 0 aliphatic rings. The van der Waals surface area contributed by atoms with Crippen molar-refractivity contribution in [2.24, 2.45) is 0 Å². The fourth-order valence-corrected chi connectivity index (χ4v) is 2.42. The molecule has 0 aliphatic heterocycles. The largest absolute Gasteiger partial charge is 0.307 e. The van der Waals surface area contributed by atoms with Crippen LogP contribution in [-0.4, -0.2) is 9.91 Å². The average molecular weight is 336 g/mol. The van der Waals surface area contributed by atoms with Crippen LogP contribution in [0.3, 0.4) is 0 Å². The average Bonchev–Trinajstić information content (AvgIpc) is 2.40. The van der Waals surface area contributed by atoms with Gasteiger partial charge < -0.3 is 5.32 Å². The highest BCUT2D eigenvalue weighted by Gasteiger charge is 2.14. The maximum absolute atomic E-state index is 10.9. The lowest BCUT2D eigenvalue weighted by molar-refractivity contribution is -0.385. The third-order valence-corrected chi connectivity index (χ3v) is 3.74. The Morgan fingerprint density at radius 2 is 2.00 bits per heavy atom. The van der Waals surface area contributed by atoms with Crippen LogP contribution in [0.2, 0.25) is 0 Å². The third-order valence-electron chi connectivity index (χ3n) is 2.82. The first kappa shape index (κ1) is 14.6. The van der Waals surface area contributed by atoms with Crippen LogP contribution in [0.15, 0.2) is 40.9 Å². The monoisotopic (exact) mass is 335 g/mol. The summed E-state index contributed by atoms with van der Waals surface area (Å²) in [7, 11) is 0. The SMILES string of the molecule is Cc1cccc(CNCc2cccc([N+](=O)[O-])c2Br)n1. The standard InChI is InChI=1S/C14H14BrN3O2/c1-10-4-2-6-12(17-10)9-16-8-11-5-3-7-13(14(11)15)18(19)20/h2-7,16H,8-9H2,1H3. The molecule has 0 radical (unpaired) electrons. The van der Waals surface area contributed by atoms with Crippen molar-refractivity contribution in [3.63, 3.8) is 0 Å². The predicted octanol–water partition coefficient (Wildman–Crippen LogP) is 3.35. The summed E-state index contributed by atoms with van der Waals surface area (Å²) in [4.78, 5) is 14.8. The molecule has 0 aliphatic carbocycles. The second-order valence-corrected chi connectivity index (χ2v) is 5.17. The van der Waals surface area contributed by atoms with Crippen molar-refractivity contribution >= 4 is 21.6 Å². The maximum atomic E-state index is 10.9. The van der Waals surface area contributed by atoms with Gasteiger partial charge in [-0.2, -0.15) is 0 Å². The van der Waals surface area contributed by atoms with Gasteiger partial charge in [0.25, 0.3) is 5.69 Å². The number of nitrogens with one attached hydrogen (secondary N) is 1. The molecule has 0 unspecified atom stereocenters. The summed E-state index contributed by atoms with van der Waals surface area (Å²) >= 11 is 3.28. The molecule has 1 N–H and O–H groups in total. The van der Waals surface area contributed by atoms with E-state index in [0.29, 0.717) is 17.6 Å². The minimum absolute atomic E-state index is 0.0815. The van der Waals surface area contributed by atoms with Crippen molar-refractivity contribution < 1.29 is 4.92 Å². The highest BCUT2D eigenvalue weighted by molar-refractivity contribution is 9.10. The van der Waals surface area contributed by atoms with Gasteiger partial charge in [0.2, 0.25) is 0 Å². The Balaban J connectivity index is 2.01. The van der Waals surface area contributed by atoms with Gasteiger partial charge in [0.05, 0.1) is 15.1 Å². The van der Waals surface area contributed by atoms with Gasteiger partial charge in [0.15, 0.2) is 0 Å². The molecule has 0 saturated carbocycles. The number of nitro groups is 1. The van der Waals surface area contributed by atoms with E-state index >= 15 is 0 Å². The molecular formula is C14H14BrN3O2. The highest BCUT2D eigenvalue weighted by Crippen LogP contribution is 2.28. The van der Waals surface area contributed by atoms with Gasteiger partial charge in [-0.1, -0.05) is 18.2 Å². The number of benzene rings is 1. The Morgan fingerprint density at radius 3 is 2.70 bits per heavy atom. The van der Waals surface area contributed by atoms with Crippen molar-refractivity contribution in [2.75, 3.05) is 0 Å². The Kier molecular flexibility index (Phi) is 4.81. The van der Waals surface area contributed by atoms with Crippen molar-refractivity contribution in [2.45, 2.75) is 20.0 Å². The van der Waals surface area contributed by atoms with E-state index in [9.17, 15) is 10.1 Å². The van der Waals surface area contributed by atoms with E-state index in [1.54, 1.807) is 6.07 Å². The molecule has 5 nitrogen and oxygen atoms in total. The number of hydrogen-bond donors (Lipinski definition) is 1. The molecule has 0 fully saturated rings. The van der Waals surface area contributed by atoms with Crippen molar-refractivity contribution in [1.82, 2.24) is 10.3 Å². The second-order valence-electron chi connectivity index (χ2n) is 4.38. The Morgan fingerprint density at radius 1 is 1.25 bits per heavy atom. The Hall–Kier alpha value is -1.79. The highest BCUT2D eigenvalue weighted by atomic mass is 79.9. The quantitative estimate of drug-likeness (QED) is 0.672. The van der Waals surface area contributed by atoms with Crippen LogP contribution < -0.4 is 5.32 Å². The minimum atomic E-state index is -0.393.